The molecule has 1 aliphatic rings. The summed E-state index contributed by atoms with van der Waals surface area (Å²) in [7, 11) is 1.65. The number of ether oxygens (including phenoxy) is 1. The lowest BCUT2D eigenvalue weighted by atomic mass is 9.98. The summed E-state index contributed by atoms with van der Waals surface area (Å²) in [4.78, 5) is 14.9. The second-order valence-electron chi connectivity index (χ2n) is 6.92. The van der Waals surface area contributed by atoms with Gasteiger partial charge in [0.15, 0.2) is 0 Å². The summed E-state index contributed by atoms with van der Waals surface area (Å²) in [5.41, 5.74) is 6.31. The maximum Gasteiger partial charge on any atom is 0.227 e. The number of carbonyl (C=O) groups excluding carboxylic acids is 1. The van der Waals surface area contributed by atoms with Gasteiger partial charge in [0.25, 0.3) is 0 Å². The predicted octanol–water partition coefficient (Wildman–Crippen LogP) is 3.52. The topological polar surface area (TPSA) is 58.2 Å². The van der Waals surface area contributed by atoms with Crippen molar-refractivity contribution in [3.05, 3.63) is 70.9 Å². The van der Waals surface area contributed by atoms with Crippen molar-refractivity contribution in [2.45, 2.75) is 26.3 Å². The summed E-state index contributed by atoms with van der Waals surface area (Å²) >= 11 is 0. The van der Waals surface area contributed by atoms with Crippen molar-refractivity contribution < 1.29 is 9.53 Å². The van der Waals surface area contributed by atoms with Gasteiger partial charge < -0.3 is 9.64 Å². The maximum atomic E-state index is 13.0. The molecule has 1 amide bonds. The summed E-state index contributed by atoms with van der Waals surface area (Å²) < 4.78 is 5.22. The predicted molar refractivity (Wildman–Crippen MR) is 105 cm³/mol. The van der Waals surface area contributed by atoms with Gasteiger partial charge in [-0.3, -0.25) is 9.89 Å². The van der Waals surface area contributed by atoms with E-state index in [0.717, 1.165) is 41.2 Å². The Kier molecular flexibility index (Phi) is 4.67. The zero-order chi connectivity index (χ0) is 18.8. The van der Waals surface area contributed by atoms with E-state index < -0.39 is 0 Å². The molecule has 0 saturated carbocycles. The van der Waals surface area contributed by atoms with Crippen LogP contribution in [0.25, 0.3) is 11.3 Å². The summed E-state index contributed by atoms with van der Waals surface area (Å²) in [5, 5.41) is 7.48. The molecule has 27 heavy (non-hydrogen) atoms. The molecule has 0 aliphatic carbocycles. The number of nitrogens with one attached hydrogen (secondary N) is 1. The van der Waals surface area contributed by atoms with E-state index in [1.54, 1.807) is 7.11 Å². The molecule has 0 spiro atoms. The number of nitrogens with zero attached hydrogens (tertiary/aromatic N) is 2. The lowest BCUT2D eigenvalue weighted by Gasteiger charge is -2.29. The van der Waals surface area contributed by atoms with Crippen LogP contribution in [0, 0.1) is 6.92 Å². The Morgan fingerprint density at radius 3 is 2.63 bits per heavy atom. The Balaban J connectivity index is 1.54. The van der Waals surface area contributed by atoms with Crippen molar-refractivity contribution in [1.29, 1.82) is 0 Å². The maximum absolute atomic E-state index is 13.0. The molecular formula is C22H23N3O2. The minimum Gasteiger partial charge on any atom is -0.497 e. The van der Waals surface area contributed by atoms with Crippen LogP contribution in [0.5, 0.6) is 5.75 Å². The molecule has 0 bridgehead atoms. The fourth-order valence-corrected chi connectivity index (χ4v) is 3.63. The Morgan fingerprint density at radius 2 is 1.89 bits per heavy atom. The second kappa shape index (κ2) is 7.27. The van der Waals surface area contributed by atoms with Gasteiger partial charge in [-0.05, 0) is 48.7 Å². The molecule has 5 heteroatoms. The van der Waals surface area contributed by atoms with Gasteiger partial charge in [0.05, 0.1) is 19.2 Å². The molecule has 0 radical (unpaired) electrons. The Labute approximate surface area is 159 Å². The van der Waals surface area contributed by atoms with Crippen LogP contribution in [-0.4, -0.2) is 34.7 Å². The molecule has 2 heterocycles. The van der Waals surface area contributed by atoms with E-state index in [4.69, 9.17) is 4.74 Å². The number of rotatable bonds is 4. The average molecular weight is 361 g/mol. The number of amides is 1. The summed E-state index contributed by atoms with van der Waals surface area (Å²) in [6.07, 6.45) is 1.27. The van der Waals surface area contributed by atoms with Crippen molar-refractivity contribution in [3.8, 4) is 17.0 Å². The van der Waals surface area contributed by atoms with Crippen LogP contribution in [0.3, 0.4) is 0 Å². The fraction of sp³-hybridized carbons (Fsp3) is 0.273. The molecule has 3 aromatic rings. The van der Waals surface area contributed by atoms with E-state index in [1.165, 1.54) is 11.1 Å². The Hall–Kier alpha value is -3.08. The van der Waals surface area contributed by atoms with Crippen molar-refractivity contribution >= 4 is 5.91 Å². The first kappa shape index (κ1) is 17.3. The van der Waals surface area contributed by atoms with E-state index in [1.807, 2.05) is 42.2 Å². The number of hydrogen-bond acceptors (Lipinski definition) is 3. The first-order valence-electron chi connectivity index (χ1n) is 9.18. The van der Waals surface area contributed by atoms with Crippen LogP contribution in [0.15, 0.2) is 48.5 Å². The number of hydrogen-bond donors (Lipinski definition) is 1. The van der Waals surface area contributed by atoms with E-state index in [9.17, 15) is 4.79 Å². The molecule has 1 aromatic heterocycles. The van der Waals surface area contributed by atoms with Crippen LogP contribution in [0.4, 0.5) is 0 Å². The summed E-state index contributed by atoms with van der Waals surface area (Å²) in [6.45, 7) is 3.42. The lowest BCUT2D eigenvalue weighted by molar-refractivity contribution is -0.131. The molecule has 4 rings (SSSR count). The highest BCUT2D eigenvalue weighted by molar-refractivity contribution is 5.82. The third-order valence-electron chi connectivity index (χ3n) is 5.25. The van der Waals surface area contributed by atoms with Gasteiger partial charge in [-0.2, -0.15) is 5.10 Å². The molecule has 0 saturated heterocycles. The highest BCUT2D eigenvalue weighted by Crippen LogP contribution is 2.27. The van der Waals surface area contributed by atoms with Gasteiger partial charge in [-0.25, -0.2) is 0 Å². The van der Waals surface area contributed by atoms with Crippen LogP contribution < -0.4 is 4.74 Å². The smallest absolute Gasteiger partial charge is 0.227 e. The van der Waals surface area contributed by atoms with Crippen LogP contribution in [0.2, 0.25) is 0 Å². The van der Waals surface area contributed by atoms with E-state index >= 15 is 0 Å². The fourth-order valence-electron chi connectivity index (χ4n) is 3.63. The number of aromatic amines is 1. The van der Waals surface area contributed by atoms with Gasteiger partial charge in [0, 0.05) is 29.9 Å². The SMILES string of the molecule is COc1ccc(-c2n[nH]c(C)c2CC(=O)N2CCc3ccccc3C2)cc1. The summed E-state index contributed by atoms with van der Waals surface area (Å²) in [5.74, 6) is 0.944. The monoisotopic (exact) mass is 361 g/mol. The van der Waals surface area contributed by atoms with Gasteiger partial charge in [0.2, 0.25) is 5.91 Å². The van der Waals surface area contributed by atoms with Crippen LogP contribution >= 0.6 is 0 Å². The molecule has 1 N–H and O–H groups in total. The van der Waals surface area contributed by atoms with Crippen LogP contribution in [-0.2, 0) is 24.2 Å². The summed E-state index contributed by atoms with van der Waals surface area (Å²) in [6, 6.07) is 16.1. The van der Waals surface area contributed by atoms with Gasteiger partial charge >= 0.3 is 0 Å². The number of aryl methyl sites for hydroxylation is 1. The van der Waals surface area contributed by atoms with E-state index in [-0.39, 0.29) is 5.91 Å². The number of carbonyl (C=O) groups is 1. The standard InChI is InChI=1S/C22H23N3O2/c1-15-20(22(24-23-15)17-7-9-19(27-2)10-8-17)13-21(26)25-12-11-16-5-3-4-6-18(16)14-25/h3-10H,11-14H2,1-2H3,(H,23,24). The number of benzene rings is 2. The van der Waals surface area contributed by atoms with E-state index in [0.29, 0.717) is 13.0 Å². The highest BCUT2D eigenvalue weighted by atomic mass is 16.5. The Morgan fingerprint density at radius 1 is 1.15 bits per heavy atom. The highest BCUT2D eigenvalue weighted by Gasteiger charge is 2.23. The van der Waals surface area contributed by atoms with Crippen molar-refractivity contribution in [3.63, 3.8) is 0 Å². The lowest BCUT2D eigenvalue weighted by Crippen LogP contribution is -2.37. The zero-order valence-corrected chi connectivity index (χ0v) is 15.7. The minimum absolute atomic E-state index is 0.142. The first-order valence-corrected chi connectivity index (χ1v) is 9.18. The molecule has 138 valence electrons. The minimum atomic E-state index is 0.142. The van der Waals surface area contributed by atoms with E-state index in [2.05, 4.69) is 28.4 Å². The van der Waals surface area contributed by atoms with Crippen molar-refractivity contribution in [2.75, 3.05) is 13.7 Å². The molecule has 0 fully saturated rings. The average Bonchev–Trinajstić information content (AvgIpc) is 3.08. The Bertz CT molecular complexity index is 960. The van der Waals surface area contributed by atoms with Crippen molar-refractivity contribution in [1.82, 2.24) is 15.1 Å². The zero-order valence-electron chi connectivity index (χ0n) is 15.7. The first-order chi connectivity index (χ1) is 13.2. The quantitative estimate of drug-likeness (QED) is 0.773. The molecule has 1 aliphatic heterocycles. The molecule has 0 atom stereocenters. The third kappa shape index (κ3) is 3.45. The second-order valence-corrected chi connectivity index (χ2v) is 6.92. The normalized spacial score (nSPS) is 13.3. The molecule has 2 aromatic carbocycles. The molecule has 5 nitrogen and oxygen atoms in total. The van der Waals surface area contributed by atoms with Gasteiger partial charge in [-0.15, -0.1) is 0 Å². The number of methoxy groups -OCH3 is 1. The largest absolute Gasteiger partial charge is 0.497 e. The molecule has 0 unspecified atom stereocenters. The number of H-pyrrole nitrogens is 1. The van der Waals surface area contributed by atoms with Gasteiger partial charge in [-0.1, -0.05) is 24.3 Å². The number of fused-ring (bicyclic) bond motifs is 1. The number of aromatic nitrogens is 2. The van der Waals surface area contributed by atoms with Gasteiger partial charge in [0.1, 0.15) is 5.75 Å². The van der Waals surface area contributed by atoms with Crippen molar-refractivity contribution in [2.24, 2.45) is 0 Å². The third-order valence-corrected chi connectivity index (χ3v) is 5.25. The van der Waals surface area contributed by atoms with Crippen LogP contribution in [0.1, 0.15) is 22.4 Å². The molecular weight excluding hydrogens is 338 g/mol.